The zero-order valence-corrected chi connectivity index (χ0v) is 22.7. The number of nitrogens with two attached hydrogens (primary N) is 1. The third-order valence-electron chi connectivity index (χ3n) is 7.54. The first-order valence-electron chi connectivity index (χ1n) is 13.5. The van der Waals surface area contributed by atoms with Gasteiger partial charge in [-0.05, 0) is 40.7 Å². The minimum atomic E-state index is -0.770. The molecule has 2 aromatic carbocycles. The van der Waals surface area contributed by atoms with E-state index in [1.165, 1.54) is 11.1 Å². The molecule has 0 spiro atoms. The van der Waals surface area contributed by atoms with Crippen LogP contribution in [-0.4, -0.2) is 66.6 Å². The third kappa shape index (κ3) is 7.34. The number of hydrogen-bond acceptors (Lipinski definition) is 6. The number of nitrogens with one attached hydrogen (secondary N) is 1. The summed E-state index contributed by atoms with van der Waals surface area (Å²) >= 11 is 0. The summed E-state index contributed by atoms with van der Waals surface area (Å²) in [6.45, 7) is 9.30. The average Bonchev–Trinajstić information content (AvgIpc) is 2.86. The monoisotopic (exact) mass is 523 g/mol. The lowest BCUT2D eigenvalue weighted by atomic mass is 9.71. The van der Waals surface area contributed by atoms with Crippen molar-refractivity contribution in [3.8, 4) is 0 Å². The summed E-state index contributed by atoms with van der Waals surface area (Å²) in [4.78, 5) is 26.6. The van der Waals surface area contributed by atoms with Crippen LogP contribution in [0, 0.1) is 5.41 Å². The Morgan fingerprint density at radius 1 is 1.18 bits per heavy atom. The summed E-state index contributed by atoms with van der Waals surface area (Å²) in [7, 11) is 0. The summed E-state index contributed by atoms with van der Waals surface area (Å²) in [5.41, 5.74) is 9.28. The molecule has 2 amide bonds. The number of benzene rings is 2. The minimum absolute atomic E-state index is 0.0258. The van der Waals surface area contributed by atoms with Crippen LogP contribution in [0.2, 0.25) is 0 Å². The zero-order valence-electron chi connectivity index (χ0n) is 22.7. The van der Waals surface area contributed by atoms with Gasteiger partial charge in [-0.1, -0.05) is 57.2 Å². The van der Waals surface area contributed by atoms with Crippen molar-refractivity contribution < 1.29 is 24.2 Å². The van der Waals surface area contributed by atoms with Gasteiger partial charge < -0.3 is 25.6 Å². The van der Waals surface area contributed by atoms with Gasteiger partial charge in [0.05, 0.1) is 18.8 Å². The van der Waals surface area contributed by atoms with E-state index in [0.29, 0.717) is 31.6 Å². The van der Waals surface area contributed by atoms with Gasteiger partial charge in [-0.25, -0.2) is 4.79 Å². The molecule has 0 radical (unpaired) electrons. The number of carbonyl (C=O) groups excluding carboxylic acids is 2. The number of amides is 2. The minimum Gasteiger partial charge on any atom is -0.446 e. The summed E-state index contributed by atoms with van der Waals surface area (Å²) in [5, 5.41) is 13.5. The van der Waals surface area contributed by atoms with Crippen LogP contribution in [0.1, 0.15) is 66.6 Å². The van der Waals surface area contributed by atoms with Crippen molar-refractivity contribution in [2.24, 2.45) is 11.1 Å². The molecule has 4 rings (SSSR count). The molecule has 0 aliphatic carbocycles. The molecule has 4 unspecified atom stereocenters. The second-order valence-corrected chi connectivity index (χ2v) is 11.6. The van der Waals surface area contributed by atoms with Gasteiger partial charge in [0.2, 0.25) is 0 Å². The number of ether oxygens (including phenoxy) is 2. The van der Waals surface area contributed by atoms with Gasteiger partial charge in [0.15, 0.2) is 0 Å². The fourth-order valence-corrected chi connectivity index (χ4v) is 5.83. The second kappa shape index (κ2) is 12.3. The van der Waals surface area contributed by atoms with Crippen LogP contribution in [0.5, 0.6) is 0 Å². The fourth-order valence-electron chi connectivity index (χ4n) is 5.83. The Hall–Kier alpha value is -2.94. The maximum absolute atomic E-state index is 13.0. The number of rotatable bonds is 8. The van der Waals surface area contributed by atoms with Crippen molar-refractivity contribution in [2.45, 2.75) is 70.8 Å². The molecule has 2 heterocycles. The zero-order chi connectivity index (χ0) is 27.3. The van der Waals surface area contributed by atoms with Crippen molar-refractivity contribution in [3.05, 3.63) is 70.8 Å². The van der Waals surface area contributed by atoms with Gasteiger partial charge in [-0.3, -0.25) is 9.69 Å². The Labute approximate surface area is 225 Å². The molecular weight excluding hydrogens is 482 g/mol. The van der Waals surface area contributed by atoms with E-state index in [-0.39, 0.29) is 36.0 Å². The lowest BCUT2D eigenvalue weighted by Gasteiger charge is -2.41. The summed E-state index contributed by atoms with van der Waals surface area (Å²) < 4.78 is 11.4. The third-order valence-corrected chi connectivity index (χ3v) is 7.54. The largest absolute Gasteiger partial charge is 0.446 e. The van der Waals surface area contributed by atoms with Crippen LogP contribution >= 0.6 is 0 Å². The predicted octanol–water partition coefficient (Wildman–Crippen LogP) is 3.61. The fraction of sp³-hybridized carbons (Fsp3) is 0.533. The number of primary amides is 1. The smallest absolute Gasteiger partial charge is 0.404 e. The Bertz CT molecular complexity index is 1120. The van der Waals surface area contributed by atoms with Crippen molar-refractivity contribution in [2.75, 3.05) is 26.2 Å². The molecule has 0 bridgehead atoms. The molecule has 1 saturated heterocycles. The Kier molecular flexibility index (Phi) is 9.07. The van der Waals surface area contributed by atoms with Gasteiger partial charge >= 0.3 is 6.09 Å². The quantitative estimate of drug-likeness (QED) is 0.487. The SMILES string of the molecule is CC(C)(C)C(c1cccc(C(=O)NCC(O)CN2CCc3ccccc3C2)c1)C1CC(OC(N)=O)CCO1. The van der Waals surface area contributed by atoms with Gasteiger partial charge in [0.1, 0.15) is 6.10 Å². The van der Waals surface area contributed by atoms with Crippen molar-refractivity contribution in [1.82, 2.24) is 10.2 Å². The number of nitrogens with zero attached hydrogens (tertiary/aromatic N) is 1. The summed E-state index contributed by atoms with van der Waals surface area (Å²) in [6.07, 6.45) is 0.248. The standard InChI is InChI=1S/C30H41N3O5/c1-30(2,3)27(26-16-25(12-14-37-26)38-29(31)36)21-9-6-10-22(15-21)28(35)32-17-24(34)19-33-13-11-20-7-4-5-8-23(20)18-33/h4-10,15,24-27,34H,11-14,16-19H2,1-3H3,(H2,31,36)(H,32,35). The number of carbonyl (C=O) groups is 2. The Morgan fingerprint density at radius 3 is 2.68 bits per heavy atom. The van der Waals surface area contributed by atoms with Gasteiger partial charge in [0, 0.05) is 50.5 Å². The molecule has 1 fully saturated rings. The summed E-state index contributed by atoms with van der Waals surface area (Å²) in [6, 6.07) is 16.0. The topological polar surface area (TPSA) is 114 Å². The highest BCUT2D eigenvalue weighted by molar-refractivity contribution is 5.94. The van der Waals surface area contributed by atoms with Crippen LogP contribution in [0.4, 0.5) is 4.79 Å². The highest BCUT2D eigenvalue weighted by atomic mass is 16.6. The average molecular weight is 524 g/mol. The second-order valence-electron chi connectivity index (χ2n) is 11.6. The molecule has 8 nitrogen and oxygen atoms in total. The maximum atomic E-state index is 13.0. The highest BCUT2D eigenvalue weighted by Gasteiger charge is 2.38. The lowest BCUT2D eigenvalue weighted by Crippen LogP contribution is -2.42. The predicted molar refractivity (Wildman–Crippen MR) is 146 cm³/mol. The highest BCUT2D eigenvalue weighted by Crippen LogP contribution is 2.42. The van der Waals surface area contributed by atoms with E-state index in [9.17, 15) is 14.7 Å². The van der Waals surface area contributed by atoms with Gasteiger partial charge in [-0.15, -0.1) is 0 Å². The molecule has 0 aromatic heterocycles. The van der Waals surface area contributed by atoms with Crippen LogP contribution in [0.25, 0.3) is 0 Å². The number of fused-ring (bicyclic) bond motifs is 1. The normalized spacial score (nSPS) is 21.7. The first kappa shape index (κ1) is 28.1. The van der Waals surface area contributed by atoms with E-state index in [2.05, 4.69) is 49.2 Å². The first-order chi connectivity index (χ1) is 18.1. The van der Waals surface area contributed by atoms with Crippen LogP contribution in [0.15, 0.2) is 48.5 Å². The van der Waals surface area contributed by atoms with Crippen molar-refractivity contribution >= 4 is 12.0 Å². The molecular formula is C30H41N3O5. The molecule has 4 atom stereocenters. The summed E-state index contributed by atoms with van der Waals surface area (Å²) in [5.74, 6) is -0.246. The van der Waals surface area contributed by atoms with E-state index >= 15 is 0 Å². The van der Waals surface area contributed by atoms with Crippen molar-refractivity contribution in [3.63, 3.8) is 0 Å². The lowest BCUT2D eigenvalue weighted by molar-refractivity contribution is -0.0721. The van der Waals surface area contributed by atoms with E-state index in [1.807, 2.05) is 24.3 Å². The first-order valence-corrected chi connectivity index (χ1v) is 13.5. The molecule has 38 heavy (non-hydrogen) atoms. The molecule has 2 aliphatic rings. The molecule has 2 aromatic rings. The Morgan fingerprint density at radius 2 is 1.95 bits per heavy atom. The molecule has 206 valence electrons. The van der Waals surface area contributed by atoms with Crippen LogP contribution in [-0.2, 0) is 22.4 Å². The van der Waals surface area contributed by atoms with E-state index in [4.69, 9.17) is 15.2 Å². The Balaban J connectivity index is 1.37. The molecule has 8 heteroatoms. The molecule has 4 N–H and O–H groups in total. The molecule has 0 saturated carbocycles. The number of aliphatic hydroxyl groups is 1. The van der Waals surface area contributed by atoms with E-state index < -0.39 is 12.2 Å². The molecule has 2 aliphatic heterocycles. The van der Waals surface area contributed by atoms with Crippen molar-refractivity contribution in [1.29, 1.82) is 0 Å². The number of β-amino-alcohol motifs (C(OH)–C–C–N with tert-alkyl or cyclic N) is 1. The van der Waals surface area contributed by atoms with Gasteiger partial charge in [-0.2, -0.15) is 0 Å². The van der Waals surface area contributed by atoms with Crippen LogP contribution in [0.3, 0.4) is 0 Å². The number of hydrogen-bond donors (Lipinski definition) is 3. The maximum Gasteiger partial charge on any atom is 0.404 e. The van der Waals surface area contributed by atoms with Crippen LogP contribution < -0.4 is 11.1 Å². The van der Waals surface area contributed by atoms with Gasteiger partial charge in [0.25, 0.3) is 5.91 Å². The van der Waals surface area contributed by atoms with E-state index in [0.717, 1.165) is 25.1 Å². The van der Waals surface area contributed by atoms with E-state index in [1.54, 1.807) is 6.07 Å². The number of aliphatic hydroxyl groups excluding tert-OH is 1.